The van der Waals surface area contributed by atoms with Crippen molar-refractivity contribution in [1.82, 2.24) is 10.6 Å². The van der Waals surface area contributed by atoms with E-state index in [1.807, 2.05) is 0 Å². The number of hydrogen-bond acceptors (Lipinski definition) is 7. The Hall–Kier alpha value is -1.68. The maximum absolute atomic E-state index is 11.9. The van der Waals surface area contributed by atoms with Crippen molar-refractivity contribution in [1.29, 1.82) is 0 Å². The van der Waals surface area contributed by atoms with E-state index in [9.17, 15) is 9.59 Å². The Morgan fingerprint density at radius 3 is 1.90 bits per heavy atom. The number of hydrogen-bond donors (Lipinski definition) is 2. The Morgan fingerprint density at radius 2 is 1.23 bits per heavy atom. The van der Waals surface area contributed by atoms with E-state index in [-0.39, 0.29) is 18.1 Å². The molecule has 0 saturated heterocycles. The lowest BCUT2D eigenvalue weighted by Crippen LogP contribution is -2.31. The highest BCUT2D eigenvalue weighted by molar-refractivity contribution is 5.75. The van der Waals surface area contributed by atoms with Crippen LogP contribution in [-0.4, -0.2) is 84.0 Å². The van der Waals surface area contributed by atoms with E-state index in [0.29, 0.717) is 65.8 Å². The molecule has 234 valence electrons. The lowest BCUT2D eigenvalue weighted by molar-refractivity contribution is -0.122. The van der Waals surface area contributed by atoms with Crippen molar-refractivity contribution in [2.75, 3.05) is 65.9 Å². The van der Waals surface area contributed by atoms with E-state index >= 15 is 0 Å². The summed E-state index contributed by atoms with van der Waals surface area (Å²) in [5, 5.41) is 5.70. The van der Waals surface area contributed by atoms with E-state index in [4.69, 9.17) is 23.7 Å². The van der Waals surface area contributed by atoms with Gasteiger partial charge in [0.2, 0.25) is 5.91 Å². The van der Waals surface area contributed by atoms with Crippen LogP contribution in [0.15, 0.2) is 12.2 Å². The van der Waals surface area contributed by atoms with Gasteiger partial charge in [-0.25, -0.2) is 4.79 Å². The number of unbranched alkanes of at least 4 members (excludes halogenated alkanes) is 8. The highest BCUT2D eigenvalue weighted by Gasteiger charge is 2.14. The van der Waals surface area contributed by atoms with Crippen LogP contribution in [0.25, 0.3) is 0 Å². The van der Waals surface area contributed by atoms with Crippen LogP contribution in [-0.2, 0) is 28.5 Å². The summed E-state index contributed by atoms with van der Waals surface area (Å²) in [6.07, 6.45) is 20.8. The van der Waals surface area contributed by atoms with Gasteiger partial charge in [0.15, 0.2) is 0 Å². The van der Waals surface area contributed by atoms with Crippen LogP contribution in [0.2, 0.25) is 0 Å². The van der Waals surface area contributed by atoms with Crippen molar-refractivity contribution in [3.8, 4) is 0 Å². The van der Waals surface area contributed by atoms with Gasteiger partial charge in [-0.05, 0) is 38.5 Å². The molecule has 0 aromatic rings. The third-order valence-corrected chi connectivity index (χ3v) is 6.70. The molecule has 2 N–H and O–H groups in total. The highest BCUT2D eigenvalue weighted by atomic mass is 16.6. The molecular formula is C31H58N2O7. The van der Waals surface area contributed by atoms with E-state index in [0.717, 1.165) is 45.1 Å². The van der Waals surface area contributed by atoms with Crippen LogP contribution in [0, 0.1) is 0 Å². The van der Waals surface area contributed by atoms with Crippen molar-refractivity contribution < 1.29 is 33.3 Å². The fourth-order valence-corrected chi connectivity index (χ4v) is 4.34. The first-order chi connectivity index (χ1) is 19.7. The number of ether oxygens (including phenoxy) is 5. The molecule has 0 radical (unpaired) electrons. The number of rotatable bonds is 26. The highest BCUT2D eigenvalue weighted by Crippen LogP contribution is 2.15. The Bertz CT molecular complexity index is 618. The molecule has 1 aliphatic carbocycles. The lowest BCUT2D eigenvalue weighted by Gasteiger charge is -2.18. The Morgan fingerprint density at radius 1 is 0.650 bits per heavy atom. The molecule has 0 aromatic heterocycles. The molecule has 1 atom stereocenters. The number of nitrogens with one attached hydrogen (secondary N) is 2. The third kappa shape index (κ3) is 25.3. The number of amides is 2. The largest absolute Gasteiger partial charge is 0.446 e. The summed E-state index contributed by atoms with van der Waals surface area (Å²) < 4.78 is 27.4. The van der Waals surface area contributed by atoms with Crippen molar-refractivity contribution >= 4 is 12.0 Å². The minimum Gasteiger partial charge on any atom is -0.446 e. The average Bonchev–Trinajstić information content (AvgIpc) is 2.93. The Kier molecular flexibility index (Phi) is 26.2. The summed E-state index contributed by atoms with van der Waals surface area (Å²) in [6, 6.07) is 0. The van der Waals surface area contributed by atoms with Crippen molar-refractivity contribution in [3.05, 3.63) is 12.2 Å². The second-order valence-electron chi connectivity index (χ2n) is 10.3. The van der Waals surface area contributed by atoms with Crippen LogP contribution < -0.4 is 10.6 Å². The van der Waals surface area contributed by atoms with E-state index in [1.54, 1.807) is 0 Å². The first kappa shape index (κ1) is 36.3. The van der Waals surface area contributed by atoms with Gasteiger partial charge in [0.05, 0.1) is 52.9 Å². The number of allylic oxidation sites excluding steroid dienone is 2. The van der Waals surface area contributed by atoms with E-state index < -0.39 is 0 Å². The van der Waals surface area contributed by atoms with Gasteiger partial charge in [0.25, 0.3) is 0 Å². The predicted molar refractivity (Wildman–Crippen MR) is 159 cm³/mol. The van der Waals surface area contributed by atoms with Gasteiger partial charge in [0, 0.05) is 19.5 Å². The zero-order valence-corrected chi connectivity index (χ0v) is 25.3. The molecule has 0 saturated carbocycles. The van der Waals surface area contributed by atoms with Crippen molar-refractivity contribution in [2.24, 2.45) is 0 Å². The maximum Gasteiger partial charge on any atom is 0.407 e. The van der Waals surface area contributed by atoms with Gasteiger partial charge in [-0.3, -0.25) is 4.79 Å². The van der Waals surface area contributed by atoms with E-state index in [1.165, 1.54) is 51.4 Å². The number of carbonyl (C=O) groups excluding carboxylic acids is 2. The normalized spacial score (nSPS) is 16.2. The Labute approximate surface area is 243 Å². The molecule has 0 bridgehead atoms. The van der Waals surface area contributed by atoms with Crippen molar-refractivity contribution in [3.63, 3.8) is 0 Å². The van der Waals surface area contributed by atoms with E-state index in [2.05, 4.69) is 29.7 Å². The zero-order chi connectivity index (χ0) is 28.8. The third-order valence-electron chi connectivity index (χ3n) is 6.70. The fraction of sp³-hybridized carbons (Fsp3) is 0.871. The lowest BCUT2D eigenvalue weighted by atomic mass is 10.0. The van der Waals surface area contributed by atoms with Gasteiger partial charge in [-0.1, -0.05) is 70.4 Å². The molecule has 1 aliphatic rings. The number of carbonyl (C=O) groups is 2. The molecule has 0 aliphatic heterocycles. The molecule has 40 heavy (non-hydrogen) atoms. The molecule has 1 unspecified atom stereocenters. The average molecular weight is 571 g/mol. The molecular weight excluding hydrogens is 512 g/mol. The number of alkyl carbamates (subject to hydrolysis) is 1. The molecule has 0 heterocycles. The predicted octanol–water partition coefficient (Wildman–Crippen LogP) is 5.71. The van der Waals surface area contributed by atoms with Gasteiger partial charge >= 0.3 is 6.09 Å². The van der Waals surface area contributed by atoms with Gasteiger partial charge in [-0.2, -0.15) is 0 Å². The SMILES string of the molecule is CCCCCCCCCCCNC(=O)CCOCCOCCOCCOCCNC(=O)OC1CC/C=C/CCC1. The van der Waals surface area contributed by atoms with Gasteiger partial charge in [-0.15, -0.1) is 0 Å². The first-order valence-corrected chi connectivity index (χ1v) is 15.9. The standard InChI is InChI=1S/C31H58N2O7/c1-2-3-4-5-6-7-8-12-15-19-32-30(34)18-21-36-23-25-38-27-28-39-26-24-37-22-20-33-31(35)40-29-16-13-10-9-11-14-17-29/h9-10,29H,2-8,11-28H2,1H3,(H,32,34)(H,33,35)/b10-9+. The summed E-state index contributed by atoms with van der Waals surface area (Å²) >= 11 is 0. The summed E-state index contributed by atoms with van der Waals surface area (Å²) in [6.45, 7) is 7.05. The monoisotopic (exact) mass is 570 g/mol. The second-order valence-corrected chi connectivity index (χ2v) is 10.3. The molecule has 9 nitrogen and oxygen atoms in total. The molecule has 2 amide bonds. The smallest absolute Gasteiger partial charge is 0.407 e. The maximum atomic E-state index is 11.9. The van der Waals surface area contributed by atoms with Crippen molar-refractivity contribution in [2.45, 2.75) is 109 Å². The minimum absolute atomic E-state index is 0.00128. The summed E-state index contributed by atoms with van der Waals surface area (Å²) in [5.41, 5.74) is 0. The van der Waals surface area contributed by atoms with Crippen LogP contribution in [0.3, 0.4) is 0 Å². The molecule has 0 aromatic carbocycles. The van der Waals surface area contributed by atoms with Crippen LogP contribution >= 0.6 is 0 Å². The van der Waals surface area contributed by atoms with Crippen LogP contribution in [0.1, 0.15) is 103 Å². The second kappa shape index (κ2) is 28.8. The van der Waals surface area contributed by atoms with Crippen LogP contribution in [0.5, 0.6) is 0 Å². The quantitative estimate of drug-likeness (QED) is 0.101. The summed E-state index contributed by atoms with van der Waals surface area (Å²) in [5.74, 6) is 0.0508. The molecule has 1 rings (SSSR count). The molecule has 0 spiro atoms. The van der Waals surface area contributed by atoms with Gasteiger partial charge < -0.3 is 34.3 Å². The Balaban J connectivity index is 1.74. The topological polar surface area (TPSA) is 104 Å². The summed E-state index contributed by atoms with van der Waals surface area (Å²) in [4.78, 5) is 23.7. The van der Waals surface area contributed by atoms with Crippen LogP contribution in [0.4, 0.5) is 4.79 Å². The minimum atomic E-state index is -0.372. The molecule has 0 fully saturated rings. The fourth-order valence-electron chi connectivity index (χ4n) is 4.34. The zero-order valence-electron chi connectivity index (χ0n) is 25.3. The van der Waals surface area contributed by atoms with Gasteiger partial charge in [0.1, 0.15) is 6.10 Å². The summed E-state index contributed by atoms with van der Waals surface area (Å²) in [7, 11) is 0. The first-order valence-electron chi connectivity index (χ1n) is 15.9. The molecule has 9 heteroatoms.